The number of benzene rings is 2. The van der Waals surface area contributed by atoms with E-state index >= 15 is 0 Å². The van der Waals surface area contributed by atoms with Gasteiger partial charge in [0.15, 0.2) is 0 Å². The molecule has 1 unspecified atom stereocenters. The molecule has 0 aromatic heterocycles. The van der Waals surface area contributed by atoms with Crippen LogP contribution >= 0.6 is 0 Å². The van der Waals surface area contributed by atoms with E-state index in [-0.39, 0.29) is 17.7 Å². The lowest BCUT2D eigenvalue weighted by molar-refractivity contribution is -0.122. The first-order valence-corrected chi connectivity index (χ1v) is 7.38. The van der Waals surface area contributed by atoms with Crippen LogP contribution in [0.1, 0.15) is 25.3 Å². The average Bonchev–Trinajstić information content (AvgIpc) is 3.30. The Kier molecular flexibility index (Phi) is 3.80. The fourth-order valence-electron chi connectivity index (χ4n) is 2.41. The Balaban J connectivity index is 1.72. The van der Waals surface area contributed by atoms with Crippen molar-refractivity contribution in [1.29, 1.82) is 0 Å². The summed E-state index contributed by atoms with van der Waals surface area (Å²) in [5.74, 6) is 0.285. The Morgan fingerprint density at radius 2 is 2.05 bits per heavy atom. The minimum absolute atomic E-state index is 0.0252. The highest BCUT2D eigenvalue weighted by atomic mass is 16.3. The van der Waals surface area contributed by atoms with Crippen LogP contribution in [0, 0.1) is 0 Å². The Bertz CT molecular complexity index is 665. The van der Waals surface area contributed by atoms with Crippen LogP contribution in [0.25, 0.3) is 10.8 Å². The van der Waals surface area contributed by atoms with Gasteiger partial charge in [-0.15, -0.1) is 0 Å². The first-order valence-electron chi connectivity index (χ1n) is 7.38. The number of carbonyl (C=O) groups excluding carboxylic acids is 1. The van der Waals surface area contributed by atoms with Crippen LogP contribution in [-0.2, 0) is 11.3 Å². The van der Waals surface area contributed by atoms with Gasteiger partial charge in [0, 0.05) is 18.2 Å². The summed E-state index contributed by atoms with van der Waals surface area (Å²) in [7, 11) is 0. The van der Waals surface area contributed by atoms with Gasteiger partial charge in [0.25, 0.3) is 0 Å². The summed E-state index contributed by atoms with van der Waals surface area (Å²) < 4.78 is 0. The summed E-state index contributed by atoms with van der Waals surface area (Å²) in [5, 5.41) is 18.3. The molecule has 0 aliphatic heterocycles. The van der Waals surface area contributed by atoms with Crippen LogP contribution in [0.15, 0.2) is 36.4 Å². The molecule has 21 heavy (non-hydrogen) atoms. The molecule has 1 saturated carbocycles. The first kappa shape index (κ1) is 13.9. The van der Waals surface area contributed by atoms with E-state index in [1.807, 2.05) is 37.3 Å². The molecular formula is C17H20N2O2. The maximum absolute atomic E-state index is 11.9. The Morgan fingerprint density at radius 3 is 2.81 bits per heavy atom. The molecule has 4 nitrogen and oxygen atoms in total. The van der Waals surface area contributed by atoms with E-state index in [9.17, 15) is 9.90 Å². The molecule has 1 fully saturated rings. The lowest BCUT2D eigenvalue weighted by Crippen LogP contribution is -2.42. The fourth-order valence-corrected chi connectivity index (χ4v) is 2.41. The van der Waals surface area contributed by atoms with E-state index in [4.69, 9.17) is 0 Å². The topological polar surface area (TPSA) is 61.4 Å². The van der Waals surface area contributed by atoms with Crippen molar-refractivity contribution in [3.8, 4) is 5.75 Å². The largest absolute Gasteiger partial charge is 0.508 e. The summed E-state index contributed by atoms with van der Waals surface area (Å²) >= 11 is 0. The average molecular weight is 284 g/mol. The summed E-state index contributed by atoms with van der Waals surface area (Å²) in [6.07, 6.45) is 2.17. The second-order valence-electron chi connectivity index (χ2n) is 5.67. The molecule has 2 aromatic carbocycles. The van der Waals surface area contributed by atoms with Crippen molar-refractivity contribution in [2.75, 3.05) is 0 Å². The number of fused-ring (bicyclic) bond motifs is 1. The Labute approximate surface area is 124 Å². The minimum atomic E-state index is -0.274. The van der Waals surface area contributed by atoms with Gasteiger partial charge >= 0.3 is 0 Å². The van der Waals surface area contributed by atoms with Crippen LogP contribution in [-0.4, -0.2) is 23.1 Å². The van der Waals surface area contributed by atoms with E-state index in [0.717, 1.165) is 29.2 Å². The molecule has 0 radical (unpaired) electrons. The molecule has 110 valence electrons. The Morgan fingerprint density at radius 1 is 1.29 bits per heavy atom. The maximum atomic E-state index is 11.9. The molecular weight excluding hydrogens is 264 g/mol. The number of phenolic OH excluding ortho intramolecular Hbond substituents is 1. The van der Waals surface area contributed by atoms with Crippen LogP contribution in [0.5, 0.6) is 5.75 Å². The zero-order valence-corrected chi connectivity index (χ0v) is 12.1. The molecule has 3 rings (SSSR count). The van der Waals surface area contributed by atoms with Crippen molar-refractivity contribution in [3.05, 3.63) is 42.0 Å². The minimum Gasteiger partial charge on any atom is -0.508 e. The van der Waals surface area contributed by atoms with E-state index in [1.54, 1.807) is 6.07 Å². The number of nitrogens with one attached hydrogen (secondary N) is 2. The van der Waals surface area contributed by atoms with Crippen LogP contribution in [0.4, 0.5) is 0 Å². The molecule has 4 heteroatoms. The third-order valence-electron chi connectivity index (χ3n) is 3.92. The molecule has 1 atom stereocenters. The molecule has 2 aromatic rings. The zero-order chi connectivity index (χ0) is 14.8. The lowest BCUT2D eigenvalue weighted by atomic mass is 10.0. The van der Waals surface area contributed by atoms with Gasteiger partial charge < -0.3 is 15.7 Å². The zero-order valence-electron chi connectivity index (χ0n) is 12.1. The number of hydrogen-bond donors (Lipinski definition) is 3. The Hall–Kier alpha value is -2.07. The van der Waals surface area contributed by atoms with Crippen molar-refractivity contribution < 1.29 is 9.90 Å². The van der Waals surface area contributed by atoms with E-state index < -0.39 is 0 Å². The van der Waals surface area contributed by atoms with Crippen molar-refractivity contribution in [2.24, 2.45) is 0 Å². The predicted molar refractivity (Wildman–Crippen MR) is 83.1 cm³/mol. The normalized spacial score (nSPS) is 15.9. The van der Waals surface area contributed by atoms with Gasteiger partial charge in [0.1, 0.15) is 5.75 Å². The molecule has 1 amide bonds. The van der Waals surface area contributed by atoms with Gasteiger partial charge in [-0.1, -0.05) is 30.3 Å². The van der Waals surface area contributed by atoms with E-state index in [0.29, 0.717) is 12.6 Å². The molecule has 0 saturated heterocycles. The molecule has 0 bridgehead atoms. The highest BCUT2D eigenvalue weighted by Crippen LogP contribution is 2.27. The summed E-state index contributed by atoms with van der Waals surface area (Å²) in [5.41, 5.74) is 0.833. The third-order valence-corrected chi connectivity index (χ3v) is 3.92. The number of hydrogen-bond acceptors (Lipinski definition) is 3. The number of rotatable bonds is 5. The number of amides is 1. The second-order valence-corrected chi connectivity index (χ2v) is 5.67. The fraction of sp³-hybridized carbons (Fsp3) is 0.353. The SMILES string of the molecule is CC(NCc1c(O)ccc2ccccc12)C(=O)NC1CC1. The van der Waals surface area contributed by atoms with Crippen LogP contribution in [0.3, 0.4) is 0 Å². The third kappa shape index (κ3) is 3.16. The molecule has 3 N–H and O–H groups in total. The van der Waals surface area contributed by atoms with E-state index in [2.05, 4.69) is 10.6 Å². The quantitative estimate of drug-likeness (QED) is 0.789. The maximum Gasteiger partial charge on any atom is 0.237 e. The second kappa shape index (κ2) is 5.74. The molecule has 0 spiro atoms. The van der Waals surface area contributed by atoms with Gasteiger partial charge in [0.05, 0.1) is 6.04 Å². The van der Waals surface area contributed by atoms with Gasteiger partial charge in [0.2, 0.25) is 5.91 Å². The highest BCUT2D eigenvalue weighted by molar-refractivity contribution is 5.87. The predicted octanol–water partition coefficient (Wildman–Crippen LogP) is 2.30. The summed E-state index contributed by atoms with van der Waals surface area (Å²) in [6, 6.07) is 11.6. The van der Waals surface area contributed by atoms with Gasteiger partial charge in [-0.05, 0) is 36.6 Å². The first-order chi connectivity index (χ1) is 10.1. The van der Waals surface area contributed by atoms with Crippen molar-refractivity contribution in [1.82, 2.24) is 10.6 Å². The van der Waals surface area contributed by atoms with Crippen LogP contribution < -0.4 is 10.6 Å². The number of carbonyl (C=O) groups is 1. The smallest absolute Gasteiger partial charge is 0.237 e. The van der Waals surface area contributed by atoms with Crippen molar-refractivity contribution >= 4 is 16.7 Å². The van der Waals surface area contributed by atoms with Crippen molar-refractivity contribution in [3.63, 3.8) is 0 Å². The van der Waals surface area contributed by atoms with Gasteiger partial charge in [-0.3, -0.25) is 4.79 Å². The highest BCUT2D eigenvalue weighted by Gasteiger charge is 2.25. The lowest BCUT2D eigenvalue weighted by Gasteiger charge is -2.15. The standard InChI is InChI=1S/C17H20N2O2/c1-11(17(21)19-13-7-8-13)18-10-15-14-5-3-2-4-12(14)6-9-16(15)20/h2-6,9,11,13,18,20H,7-8,10H2,1H3,(H,19,21). The van der Waals surface area contributed by atoms with Crippen molar-refractivity contribution in [2.45, 2.75) is 38.4 Å². The molecule has 1 aliphatic carbocycles. The number of phenols is 1. The monoisotopic (exact) mass is 284 g/mol. The molecule has 0 heterocycles. The van der Waals surface area contributed by atoms with Gasteiger partial charge in [-0.25, -0.2) is 0 Å². The molecule has 1 aliphatic rings. The summed E-state index contributed by atoms with van der Waals surface area (Å²) in [6.45, 7) is 2.31. The van der Waals surface area contributed by atoms with Gasteiger partial charge in [-0.2, -0.15) is 0 Å². The van der Waals surface area contributed by atoms with E-state index in [1.165, 1.54) is 0 Å². The summed E-state index contributed by atoms with van der Waals surface area (Å²) in [4.78, 5) is 11.9. The van der Waals surface area contributed by atoms with Crippen LogP contribution in [0.2, 0.25) is 0 Å². The number of aromatic hydroxyl groups is 1.